The van der Waals surface area contributed by atoms with Crippen LogP contribution in [0.25, 0.3) is 0 Å². The molecule has 1 aliphatic rings. The van der Waals surface area contributed by atoms with E-state index in [9.17, 15) is 8.42 Å². The van der Waals surface area contributed by atoms with Gasteiger partial charge in [-0.3, -0.25) is 0 Å². The van der Waals surface area contributed by atoms with Crippen molar-refractivity contribution in [2.24, 2.45) is 5.92 Å². The molecule has 6 heteroatoms. The fraction of sp³-hybridized carbons (Fsp3) is 0.600. The SMILES string of the molecule is CC(C)CN(C1CCCC1)S(=O)(=O)c1ccc(N)c(Br)c1. The van der Waals surface area contributed by atoms with Crippen LogP contribution in [-0.2, 0) is 10.0 Å². The molecule has 1 fully saturated rings. The number of nitrogen functional groups attached to an aromatic ring is 1. The Hall–Kier alpha value is -0.590. The summed E-state index contributed by atoms with van der Waals surface area (Å²) in [4.78, 5) is 0.316. The molecule has 1 saturated carbocycles. The number of nitrogens with two attached hydrogens (primary N) is 1. The zero-order chi connectivity index (χ0) is 15.6. The largest absolute Gasteiger partial charge is 0.398 e. The van der Waals surface area contributed by atoms with Crippen molar-refractivity contribution in [1.82, 2.24) is 4.31 Å². The minimum Gasteiger partial charge on any atom is -0.398 e. The lowest BCUT2D eigenvalue weighted by atomic mass is 10.2. The van der Waals surface area contributed by atoms with Gasteiger partial charge in [-0.25, -0.2) is 8.42 Å². The van der Waals surface area contributed by atoms with E-state index in [4.69, 9.17) is 5.73 Å². The third kappa shape index (κ3) is 3.79. The van der Waals surface area contributed by atoms with Gasteiger partial charge in [0.2, 0.25) is 10.0 Å². The molecule has 0 atom stereocenters. The molecule has 0 bridgehead atoms. The molecule has 1 aliphatic carbocycles. The van der Waals surface area contributed by atoms with Crippen LogP contribution in [0.15, 0.2) is 27.6 Å². The highest BCUT2D eigenvalue weighted by Crippen LogP contribution is 2.31. The lowest BCUT2D eigenvalue weighted by molar-refractivity contribution is 0.292. The lowest BCUT2D eigenvalue weighted by Gasteiger charge is -2.29. The van der Waals surface area contributed by atoms with Crippen LogP contribution in [0, 0.1) is 5.92 Å². The Labute approximate surface area is 135 Å². The Morgan fingerprint density at radius 3 is 2.48 bits per heavy atom. The lowest BCUT2D eigenvalue weighted by Crippen LogP contribution is -2.41. The summed E-state index contributed by atoms with van der Waals surface area (Å²) in [6.45, 7) is 4.67. The van der Waals surface area contributed by atoms with Gasteiger partial charge >= 0.3 is 0 Å². The summed E-state index contributed by atoms with van der Waals surface area (Å²) in [6, 6.07) is 4.97. The van der Waals surface area contributed by atoms with Crippen LogP contribution in [0.3, 0.4) is 0 Å². The molecule has 0 aromatic heterocycles. The van der Waals surface area contributed by atoms with Gasteiger partial charge in [-0.1, -0.05) is 26.7 Å². The van der Waals surface area contributed by atoms with Crippen molar-refractivity contribution in [1.29, 1.82) is 0 Å². The molecule has 0 spiro atoms. The Kier molecular flexibility index (Phi) is 5.33. The second-order valence-electron chi connectivity index (χ2n) is 6.09. The van der Waals surface area contributed by atoms with E-state index in [0.717, 1.165) is 25.7 Å². The average molecular weight is 375 g/mol. The molecule has 2 rings (SSSR count). The van der Waals surface area contributed by atoms with Crippen LogP contribution in [0.2, 0.25) is 0 Å². The van der Waals surface area contributed by atoms with Crippen molar-refractivity contribution in [2.75, 3.05) is 12.3 Å². The van der Waals surface area contributed by atoms with Crippen LogP contribution in [0.1, 0.15) is 39.5 Å². The first-order chi connectivity index (χ1) is 9.82. The number of nitrogens with zero attached hydrogens (tertiary/aromatic N) is 1. The second kappa shape index (κ2) is 6.67. The zero-order valence-electron chi connectivity index (χ0n) is 12.5. The first kappa shape index (κ1) is 16.8. The summed E-state index contributed by atoms with van der Waals surface area (Å²) in [7, 11) is -3.47. The molecule has 0 amide bonds. The number of rotatable bonds is 5. The monoisotopic (exact) mass is 374 g/mol. The van der Waals surface area contributed by atoms with Crippen molar-refractivity contribution >= 4 is 31.6 Å². The topological polar surface area (TPSA) is 63.4 Å². The van der Waals surface area contributed by atoms with E-state index in [2.05, 4.69) is 29.8 Å². The van der Waals surface area contributed by atoms with E-state index in [0.29, 0.717) is 27.5 Å². The van der Waals surface area contributed by atoms with Gasteiger partial charge in [0.25, 0.3) is 0 Å². The predicted molar refractivity (Wildman–Crippen MR) is 89.5 cm³/mol. The highest BCUT2D eigenvalue weighted by atomic mass is 79.9. The maximum absolute atomic E-state index is 13.0. The highest BCUT2D eigenvalue weighted by Gasteiger charge is 2.33. The van der Waals surface area contributed by atoms with Gasteiger partial charge in [0.1, 0.15) is 0 Å². The van der Waals surface area contributed by atoms with E-state index in [1.165, 1.54) is 0 Å². The maximum Gasteiger partial charge on any atom is 0.243 e. The predicted octanol–water partition coefficient (Wildman–Crippen LogP) is 3.62. The first-order valence-electron chi connectivity index (χ1n) is 7.39. The molecule has 0 saturated heterocycles. The summed E-state index contributed by atoms with van der Waals surface area (Å²) in [6.07, 6.45) is 4.14. The summed E-state index contributed by atoms with van der Waals surface area (Å²) in [5.41, 5.74) is 6.30. The normalized spacial score (nSPS) is 17.0. The van der Waals surface area contributed by atoms with Crippen molar-refractivity contribution < 1.29 is 8.42 Å². The van der Waals surface area contributed by atoms with Crippen molar-refractivity contribution in [3.8, 4) is 0 Å². The molecular weight excluding hydrogens is 352 g/mol. The molecule has 118 valence electrons. The van der Waals surface area contributed by atoms with Crippen LogP contribution in [-0.4, -0.2) is 25.3 Å². The van der Waals surface area contributed by atoms with Crippen molar-refractivity contribution in [3.63, 3.8) is 0 Å². The molecule has 1 aromatic rings. The Morgan fingerprint density at radius 2 is 1.95 bits per heavy atom. The van der Waals surface area contributed by atoms with Crippen LogP contribution in [0.4, 0.5) is 5.69 Å². The third-order valence-electron chi connectivity index (χ3n) is 3.86. The minimum absolute atomic E-state index is 0.133. The molecular formula is C15H23BrN2O2S. The van der Waals surface area contributed by atoms with Crippen LogP contribution in [0.5, 0.6) is 0 Å². The standard InChI is InChI=1S/C15H23BrN2O2S/c1-11(2)10-18(12-5-3-4-6-12)21(19,20)13-7-8-15(17)14(16)9-13/h7-9,11-12H,3-6,10,17H2,1-2H3. The highest BCUT2D eigenvalue weighted by molar-refractivity contribution is 9.10. The van der Waals surface area contributed by atoms with Gasteiger partial charge in [0.15, 0.2) is 0 Å². The van der Waals surface area contributed by atoms with Gasteiger partial charge in [0, 0.05) is 22.7 Å². The van der Waals surface area contributed by atoms with Crippen molar-refractivity contribution in [2.45, 2.75) is 50.5 Å². The first-order valence-corrected chi connectivity index (χ1v) is 9.62. The van der Waals surface area contributed by atoms with Gasteiger partial charge < -0.3 is 5.73 Å². The molecule has 0 unspecified atom stereocenters. The van der Waals surface area contributed by atoms with E-state index in [-0.39, 0.29) is 6.04 Å². The van der Waals surface area contributed by atoms with Crippen LogP contribution < -0.4 is 5.73 Å². The van der Waals surface area contributed by atoms with Crippen LogP contribution >= 0.6 is 15.9 Å². The number of anilines is 1. The number of hydrogen-bond acceptors (Lipinski definition) is 3. The van der Waals surface area contributed by atoms with Gasteiger partial charge in [-0.2, -0.15) is 4.31 Å². The third-order valence-corrected chi connectivity index (χ3v) is 6.46. The quantitative estimate of drug-likeness (QED) is 0.800. The zero-order valence-corrected chi connectivity index (χ0v) is 15.0. The smallest absolute Gasteiger partial charge is 0.243 e. The summed E-state index contributed by atoms with van der Waals surface area (Å²) in [5.74, 6) is 0.303. The summed E-state index contributed by atoms with van der Waals surface area (Å²) >= 11 is 3.31. The van der Waals surface area contributed by atoms with Crippen molar-refractivity contribution in [3.05, 3.63) is 22.7 Å². The molecule has 4 nitrogen and oxygen atoms in total. The van der Waals surface area contributed by atoms with Gasteiger partial charge in [-0.15, -0.1) is 0 Å². The van der Waals surface area contributed by atoms with Gasteiger partial charge in [-0.05, 0) is 52.9 Å². The fourth-order valence-corrected chi connectivity index (χ4v) is 5.20. The summed E-state index contributed by atoms with van der Waals surface area (Å²) < 4.78 is 28.3. The summed E-state index contributed by atoms with van der Waals surface area (Å²) in [5, 5.41) is 0. The number of halogens is 1. The molecule has 21 heavy (non-hydrogen) atoms. The molecule has 0 aliphatic heterocycles. The molecule has 0 heterocycles. The number of benzene rings is 1. The van der Waals surface area contributed by atoms with Gasteiger partial charge in [0.05, 0.1) is 4.90 Å². The Balaban J connectivity index is 2.38. The number of sulfonamides is 1. The fourth-order valence-electron chi connectivity index (χ4n) is 2.80. The van der Waals surface area contributed by atoms with E-state index in [1.54, 1.807) is 22.5 Å². The maximum atomic E-state index is 13.0. The molecule has 1 aromatic carbocycles. The van der Waals surface area contributed by atoms with E-state index in [1.807, 2.05) is 0 Å². The Bertz CT molecular complexity index is 596. The number of hydrogen-bond donors (Lipinski definition) is 1. The Morgan fingerprint density at radius 1 is 1.33 bits per heavy atom. The second-order valence-corrected chi connectivity index (χ2v) is 8.84. The minimum atomic E-state index is -3.47. The average Bonchev–Trinajstić information content (AvgIpc) is 2.92. The van der Waals surface area contributed by atoms with E-state index < -0.39 is 10.0 Å². The molecule has 2 N–H and O–H groups in total. The van der Waals surface area contributed by atoms with E-state index >= 15 is 0 Å². The molecule has 0 radical (unpaired) electrons.